The van der Waals surface area contributed by atoms with E-state index < -0.39 is 6.04 Å². The zero-order valence-electron chi connectivity index (χ0n) is 15.9. The first-order valence-electron chi connectivity index (χ1n) is 10.1. The topological polar surface area (TPSA) is 52.7 Å². The zero-order chi connectivity index (χ0) is 18.4. The average molecular weight is 357 g/mol. The first-order chi connectivity index (χ1) is 12.7. The summed E-state index contributed by atoms with van der Waals surface area (Å²) < 4.78 is 0. The van der Waals surface area contributed by atoms with E-state index in [1.807, 2.05) is 25.1 Å². The van der Waals surface area contributed by atoms with Crippen LogP contribution in [0.4, 0.5) is 5.69 Å². The monoisotopic (exact) mass is 357 g/mol. The second-order valence-electron chi connectivity index (χ2n) is 7.47. The van der Waals surface area contributed by atoms with Crippen molar-refractivity contribution in [3.63, 3.8) is 0 Å². The summed E-state index contributed by atoms with van der Waals surface area (Å²) >= 11 is 0. The summed E-state index contributed by atoms with van der Waals surface area (Å²) in [6.07, 6.45) is 7.37. The van der Waals surface area contributed by atoms with Crippen LogP contribution in [-0.2, 0) is 16.0 Å². The Kier molecular flexibility index (Phi) is 6.67. The molecule has 5 nitrogen and oxygen atoms in total. The number of hydrogen-bond donors (Lipinski definition) is 1. The first-order valence-corrected chi connectivity index (χ1v) is 10.1. The quantitative estimate of drug-likeness (QED) is 0.882. The molecule has 2 heterocycles. The third kappa shape index (κ3) is 4.64. The average Bonchev–Trinajstić information content (AvgIpc) is 2.99. The van der Waals surface area contributed by atoms with Gasteiger partial charge in [0.1, 0.15) is 6.04 Å². The van der Waals surface area contributed by atoms with Crippen molar-refractivity contribution >= 4 is 17.5 Å². The molecule has 1 fully saturated rings. The fraction of sp³-hybridized carbons (Fsp3) is 0.619. The predicted molar refractivity (Wildman–Crippen MR) is 104 cm³/mol. The van der Waals surface area contributed by atoms with Crippen molar-refractivity contribution in [2.45, 2.75) is 57.9 Å². The van der Waals surface area contributed by atoms with E-state index in [0.717, 1.165) is 43.7 Å². The molecule has 0 unspecified atom stereocenters. The molecule has 1 atom stereocenters. The van der Waals surface area contributed by atoms with Crippen LogP contribution in [0.3, 0.4) is 0 Å². The van der Waals surface area contributed by atoms with Crippen LogP contribution in [0.2, 0.25) is 0 Å². The lowest BCUT2D eigenvalue weighted by atomic mass is 10.1. The van der Waals surface area contributed by atoms with E-state index in [1.54, 1.807) is 4.90 Å². The summed E-state index contributed by atoms with van der Waals surface area (Å²) in [4.78, 5) is 29.4. The highest BCUT2D eigenvalue weighted by Gasteiger charge is 2.30. The van der Waals surface area contributed by atoms with Gasteiger partial charge in [0.15, 0.2) is 0 Å². The first kappa shape index (κ1) is 18.9. The summed E-state index contributed by atoms with van der Waals surface area (Å²) in [5.74, 6) is -0.0185. The second kappa shape index (κ2) is 9.17. The number of rotatable bonds is 5. The van der Waals surface area contributed by atoms with E-state index in [9.17, 15) is 9.59 Å². The van der Waals surface area contributed by atoms with Crippen LogP contribution in [0.15, 0.2) is 24.3 Å². The maximum absolute atomic E-state index is 12.7. The molecule has 0 aliphatic carbocycles. The number of nitrogens with one attached hydrogen (secondary N) is 1. The van der Waals surface area contributed by atoms with Gasteiger partial charge in [-0.05, 0) is 57.3 Å². The molecule has 1 N–H and O–H groups in total. The number of anilines is 1. The van der Waals surface area contributed by atoms with E-state index in [-0.39, 0.29) is 11.8 Å². The fourth-order valence-electron chi connectivity index (χ4n) is 4.03. The van der Waals surface area contributed by atoms with Crippen molar-refractivity contribution in [1.82, 2.24) is 10.2 Å². The maximum Gasteiger partial charge on any atom is 0.242 e. The summed E-state index contributed by atoms with van der Waals surface area (Å²) in [7, 11) is 0. The van der Waals surface area contributed by atoms with Gasteiger partial charge in [0.05, 0.1) is 0 Å². The molecular weight excluding hydrogens is 326 g/mol. The summed E-state index contributed by atoms with van der Waals surface area (Å²) in [5.41, 5.74) is 2.05. The van der Waals surface area contributed by atoms with E-state index in [2.05, 4.69) is 16.3 Å². The Labute approximate surface area is 156 Å². The number of amides is 2. The van der Waals surface area contributed by atoms with E-state index in [0.29, 0.717) is 13.0 Å². The molecule has 1 aromatic rings. The third-order valence-corrected chi connectivity index (χ3v) is 5.55. The fourth-order valence-corrected chi connectivity index (χ4v) is 4.03. The van der Waals surface area contributed by atoms with Gasteiger partial charge in [-0.25, -0.2) is 0 Å². The second-order valence-corrected chi connectivity index (χ2v) is 7.47. The molecule has 0 radical (unpaired) electrons. The van der Waals surface area contributed by atoms with Crippen LogP contribution < -0.4 is 10.2 Å². The van der Waals surface area contributed by atoms with Gasteiger partial charge in [-0.15, -0.1) is 0 Å². The number of benzene rings is 1. The molecule has 0 aromatic heterocycles. The lowest BCUT2D eigenvalue weighted by Crippen LogP contribution is -2.49. The molecule has 0 spiro atoms. The minimum atomic E-state index is -0.481. The number of carbonyl (C=O) groups is 2. The van der Waals surface area contributed by atoms with Crippen LogP contribution in [0, 0.1) is 0 Å². The van der Waals surface area contributed by atoms with E-state index >= 15 is 0 Å². The number of carbonyl (C=O) groups excluding carboxylic acids is 2. The molecule has 26 heavy (non-hydrogen) atoms. The number of aryl methyl sites for hydroxylation is 1. The van der Waals surface area contributed by atoms with Gasteiger partial charge >= 0.3 is 0 Å². The van der Waals surface area contributed by atoms with E-state index in [1.165, 1.54) is 25.7 Å². The van der Waals surface area contributed by atoms with Crippen LogP contribution >= 0.6 is 0 Å². The molecule has 142 valence electrons. The van der Waals surface area contributed by atoms with Crippen molar-refractivity contribution in [3.05, 3.63) is 29.8 Å². The Morgan fingerprint density at radius 3 is 2.58 bits per heavy atom. The minimum Gasteiger partial charge on any atom is -0.353 e. The maximum atomic E-state index is 12.7. The molecular formula is C21H31N3O2. The highest BCUT2D eigenvalue weighted by atomic mass is 16.2. The van der Waals surface area contributed by atoms with Crippen molar-refractivity contribution in [2.24, 2.45) is 0 Å². The van der Waals surface area contributed by atoms with Crippen LogP contribution in [0.1, 0.15) is 51.0 Å². The number of para-hydroxylation sites is 1. The molecule has 2 aliphatic rings. The van der Waals surface area contributed by atoms with Crippen molar-refractivity contribution < 1.29 is 9.59 Å². The Bertz CT molecular complexity index is 623. The van der Waals surface area contributed by atoms with Crippen LogP contribution in [0.25, 0.3) is 0 Å². The molecule has 0 bridgehead atoms. The Morgan fingerprint density at radius 2 is 1.81 bits per heavy atom. The molecule has 5 heteroatoms. The van der Waals surface area contributed by atoms with Gasteiger partial charge in [0.2, 0.25) is 11.8 Å². The standard InChI is InChI=1S/C21H31N3O2/c1-17(21(26)22-13-16-23-14-6-2-3-7-15-23)24-19-11-5-4-9-18(19)10-8-12-20(24)25/h4-5,9,11,17H,2-3,6-8,10,12-16H2,1H3,(H,22,26)/t17-/m0/s1. The molecule has 2 amide bonds. The SMILES string of the molecule is C[C@@H](C(=O)NCCN1CCCCCC1)N1C(=O)CCCc2ccccc21. The molecule has 3 rings (SSSR count). The molecule has 1 aromatic carbocycles. The van der Waals surface area contributed by atoms with Crippen molar-refractivity contribution in [1.29, 1.82) is 0 Å². The summed E-state index contributed by atoms with van der Waals surface area (Å²) in [6.45, 7) is 5.63. The smallest absolute Gasteiger partial charge is 0.242 e. The lowest BCUT2D eigenvalue weighted by molar-refractivity contribution is -0.126. The van der Waals surface area contributed by atoms with Gasteiger partial charge in [-0.2, -0.15) is 0 Å². The van der Waals surface area contributed by atoms with Gasteiger partial charge in [-0.3, -0.25) is 14.5 Å². The predicted octanol–water partition coefficient (Wildman–Crippen LogP) is 2.74. The highest BCUT2D eigenvalue weighted by Crippen LogP contribution is 2.28. The van der Waals surface area contributed by atoms with Gasteiger partial charge in [-0.1, -0.05) is 31.0 Å². The van der Waals surface area contributed by atoms with E-state index in [4.69, 9.17) is 0 Å². The third-order valence-electron chi connectivity index (χ3n) is 5.55. The summed E-state index contributed by atoms with van der Waals surface area (Å²) in [5, 5.41) is 3.04. The minimum absolute atomic E-state index is 0.0464. The Balaban J connectivity index is 1.59. The Morgan fingerprint density at radius 1 is 1.08 bits per heavy atom. The van der Waals surface area contributed by atoms with Gasteiger partial charge < -0.3 is 10.2 Å². The van der Waals surface area contributed by atoms with Crippen LogP contribution in [-0.4, -0.2) is 48.9 Å². The normalized spacial score (nSPS) is 20.0. The number of hydrogen-bond acceptors (Lipinski definition) is 3. The van der Waals surface area contributed by atoms with Gasteiger partial charge in [0.25, 0.3) is 0 Å². The number of fused-ring (bicyclic) bond motifs is 1. The molecule has 0 saturated carbocycles. The largest absolute Gasteiger partial charge is 0.353 e. The van der Waals surface area contributed by atoms with Gasteiger partial charge in [0, 0.05) is 25.2 Å². The number of likely N-dealkylation sites (tertiary alicyclic amines) is 1. The number of nitrogens with zero attached hydrogens (tertiary/aromatic N) is 2. The van der Waals surface area contributed by atoms with Crippen LogP contribution in [0.5, 0.6) is 0 Å². The summed E-state index contributed by atoms with van der Waals surface area (Å²) in [6, 6.07) is 7.48. The van der Waals surface area contributed by atoms with Crippen molar-refractivity contribution in [3.8, 4) is 0 Å². The van der Waals surface area contributed by atoms with Crippen molar-refractivity contribution in [2.75, 3.05) is 31.1 Å². The lowest BCUT2D eigenvalue weighted by Gasteiger charge is -2.29. The molecule has 1 saturated heterocycles. The Hall–Kier alpha value is -1.88. The highest BCUT2D eigenvalue weighted by molar-refractivity contribution is 6.01. The zero-order valence-corrected chi connectivity index (χ0v) is 15.9. The molecule has 2 aliphatic heterocycles.